The van der Waals surface area contributed by atoms with Crippen LogP contribution in [-0.4, -0.2) is 39.5 Å². The van der Waals surface area contributed by atoms with E-state index >= 15 is 0 Å². The first-order chi connectivity index (χ1) is 6.83. The van der Waals surface area contributed by atoms with Gasteiger partial charge in [0, 0.05) is 26.9 Å². The summed E-state index contributed by atoms with van der Waals surface area (Å²) in [7, 11) is 1.74. The lowest BCUT2D eigenvalue weighted by Crippen LogP contribution is -2.28. The van der Waals surface area contributed by atoms with Crippen LogP contribution < -0.4 is 5.32 Å². The van der Waals surface area contributed by atoms with Gasteiger partial charge in [-0.1, -0.05) is 0 Å². The fourth-order valence-corrected chi connectivity index (χ4v) is 1.29. The molecule has 0 radical (unpaired) electrons. The molecule has 0 saturated heterocycles. The van der Waals surface area contributed by atoms with E-state index in [1.54, 1.807) is 7.11 Å². The molecule has 0 aromatic heterocycles. The lowest BCUT2D eigenvalue weighted by Gasteiger charge is -2.13. The maximum atomic E-state index is 5.68. The molecule has 0 aromatic rings. The molecular formula is C11H23NO2. The van der Waals surface area contributed by atoms with Gasteiger partial charge in [-0.3, -0.25) is 0 Å². The van der Waals surface area contributed by atoms with Gasteiger partial charge in [0.25, 0.3) is 0 Å². The molecule has 0 aliphatic heterocycles. The highest BCUT2D eigenvalue weighted by Gasteiger charge is 2.21. The average molecular weight is 201 g/mol. The number of ether oxygens (including phenoxy) is 2. The maximum absolute atomic E-state index is 5.68. The van der Waals surface area contributed by atoms with E-state index in [1.165, 1.54) is 12.8 Å². The number of nitrogens with one attached hydrogen (secondary N) is 1. The summed E-state index contributed by atoms with van der Waals surface area (Å²) in [6.07, 6.45) is 4.16. The molecule has 0 bridgehead atoms. The monoisotopic (exact) mass is 201 g/mol. The third-order valence-electron chi connectivity index (χ3n) is 2.45. The van der Waals surface area contributed by atoms with Gasteiger partial charge in [0.15, 0.2) is 0 Å². The third kappa shape index (κ3) is 6.35. The van der Waals surface area contributed by atoms with Crippen molar-refractivity contribution in [3.05, 3.63) is 0 Å². The summed E-state index contributed by atoms with van der Waals surface area (Å²) in [5, 5.41) is 3.36. The highest BCUT2D eigenvalue weighted by Crippen LogP contribution is 2.29. The predicted molar refractivity (Wildman–Crippen MR) is 57.5 cm³/mol. The highest BCUT2D eigenvalue weighted by atomic mass is 16.5. The molecule has 0 heterocycles. The van der Waals surface area contributed by atoms with Crippen molar-refractivity contribution in [2.24, 2.45) is 5.92 Å². The molecule has 1 aliphatic rings. The van der Waals surface area contributed by atoms with Crippen LogP contribution in [-0.2, 0) is 9.47 Å². The summed E-state index contributed by atoms with van der Waals surface area (Å²) in [5.74, 6) is 0.867. The van der Waals surface area contributed by atoms with Gasteiger partial charge >= 0.3 is 0 Å². The average Bonchev–Trinajstić information content (AvgIpc) is 2.98. The molecule has 0 amide bonds. The molecule has 1 aliphatic carbocycles. The molecule has 84 valence electrons. The van der Waals surface area contributed by atoms with E-state index in [-0.39, 0.29) is 0 Å². The third-order valence-corrected chi connectivity index (χ3v) is 2.45. The Balaban J connectivity index is 1.79. The molecule has 1 rings (SSSR count). The number of hydrogen-bond donors (Lipinski definition) is 1. The van der Waals surface area contributed by atoms with Gasteiger partial charge in [-0.05, 0) is 38.6 Å². The molecule has 1 N–H and O–H groups in total. The van der Waals surface area contributed by atoms with E-state index in [0.29, 0.717) is 6.10 Å². The number of hydrogen-bond acceptors (Lipinski definition) is 3. The van der Waals surface area contributed by atoms with Gasteiger partial charge in [-0.25, -0.2) is 0 Å². The lowest BCUT2D eigenvalue weighted by molar-refractivity contribution is 0.0580. The Bertz CT molecular complexity index is 137. The molecule has 0 aromatic carbocycles. The normalized spacial score (nSPS) is 18.4. The van der Waals surface area contributed by atoms with E-state index < -0.39 is 0 Å². The van der Waals surface area contributed by atoms with E-state index in [0.717, 1.165) is 38.6 Å². The highest BCUT2D eigenvalue weighted by molar-refractivity contribution is 4.72. The van der Waals surface area contributed by atoms with Crippen LogP contribution in [0, 0.1) is 5.92 Å². The van der Waals surface area contributed by atoms with Crippen LogP contribution in [0.2, 0.25) is 0 Å². The molecule has 1 fully saturated rings. The van der Waals surface area contributed by atoms with Gasteiger partial charge in [-0.2, -0.15) is 0 Å². The lowest BCUT2D eigenvalue weighted by atomic mass is 10.3. The first-order valence-corrected chi connectivity index (χ1v) is 5.64. The minimum atomic E-state index is 0.346. The maximum Gasteiger partial charge on any atom is 0.0671 e. The minimum Gasteiger partial charge on any atom is -0.385 e. The Morgan fingerprint density at radius 1 is 1.43 bits per heavy atom. The molecular weight excluding hydrogens is 178 g/mol. The predicted octanol–water partition coefficient (Wildman–Crippen LogP) is 1.43. The van der Waals surface area contributed by atoms with Crippen LogP contribution in [0.15, 0.2) is 0 Å². The smallest absolute Gasteiger partial charge is 0.0671 e. The first kappa shape index (κ1) is 12.0. The van der Waals surface area contributed by atoms with Crippen LogP contribution in [0.1, 0.15) is 26.2 Å². The van der Waals surface area contributed by atoms with Crippen LogP contribution in [0.3, 0.4) is 0 Å². The zero-order valence-electron chi connectivity index (χ0n) is 9.42. The van der Waals surface area contributed by atoms with E-state index in [1.807, 2.05) is 0 Å². The van der Waals surface area contributed by atoms with Crippen molar-refractivity contribution >= 4 is 0 Å². The van der Waals surface area contributed by atoms with Gasteiger partial charge in [0.2, 0.25) is 0 Å². The van der Waals surface area contributed by atoms with Crippen molar-refractivity contribution in [2.75, 3.05) is 33.4 Å². The topological polar surface area (TPSA) is 30.5 Å². The fourth-order valence-electron chi connectivity index (χ4n) is 1.29. The summed E-state index contributed by atoms with van der Waals surface area (Å²) in [6, 6.07) is 0. The van der Waals surface area contributed by atoms with Crippen molar-refractivity contribution in [1.29, 1.82) is 0 Å². The first-order valence-electron chi connectivity index (χ1n) is 5.64. The van der Waals surface area contributed by atoms with Crippen LogP contribution >= 0.6 is 0 Å². The summed E-state index contributed by atoms with van der Waals surface area (Å²) in [6.45, 7) is 5.90. The molecule has 1 saturated carbocycles. The molecule has 3 heteroatoms. The van der Waals surface area contributed by atoms with Crippen molar-refractivity contribution in [3.8, 4) is 0 Å². The van der Waals surface area contributed by atoms with E-state index in [4.69, 9.17) is 9.47 Å². The Morgan fingerprint density at radius 2 is 2.21 bits per heavy atom. The molecule has 3 nitrogen and oxygen atoms in total. The SMILES string of the molecule is COCCCNCC(C)OCC1CC1. The molecule has 1 unspecified atom stereocenters. The second-order valence-electron chi connectivity index (χ2n) is 4.14. The standard InChI is InChI=1S/C11H23NO2/c1-10(14-9-11-4-5-11)8-12-6-3-7-13-2/h10-12H,3-9H2,1-2H3. The van der Waals surface area contributed by atoms with Gasteiger partial charge in [0.05, 0.1) is 6.10 Å². The molecule has 14 heavy (non-hydrogen) atoms. The van der Waals surface area contributed by atoms with Gasteiger partial charge in [0.1, 0.15) is 0 Å². The number of methoxy groups -OCH3 is 1. The van der Waals surface area contributed by atoms with Crippen molar-refractivity contribution < 1.29 is 9.47 Å². The Kier molecular flexibility index (Phi) is 6.15. The largest absolute Gasteiger partial charge is 0.385 e. The second-order valence-corrected chi connectivity index (χ2v) is 4.14. The second kappa shape index (κ2) is 7.21. The van der Waals surface area contributed by atoms with E-state index in [9.17, 15) is 0 Å². The van der Waals surface area contributed by atoms with Gasteiger partial charge < -0.3 is 14.8 Å². The summed E-state index contributed by atoms with van der Waals surface area (Å²) < 4.78 is 10.6. The summed E-state index contributed by atoms with van der Waals surface area (Å²) in [5.41, 5.74) is 0. The zero-order valence-corrected chi connectivity index (χ0v) is 9.42. The van der Waals surface area contributed by atoms with Crippen LogP contribution in [0.4, 0.5) is 0 Å². The van der Waals surface area contributed by atoms with E-state index in [2.05, 4.69) is 12.2 Å². The molecule has 0 spiro atoms. The Labute approximate surface area is 87.2 Å². The minimum absolute atomic E-state index is 0.346. The van der Waals surface area contributed by atoms with Crippen LogP contribution in [0.25, 0.3) is 0 Å². The summed E-state index contributed by atoms with van der Waals surface area (Å²) in [4.78, 5) is 0. The van der Waals surface area contributed by atoms with Gasteiger partial charge in [-0.15, -0.1) is 0 Å². The van der Waals surface area contributed by atoms with Crippen LogP contribution in [0.5, 0.6) is 0 Å². The fraction of sp³-hybridized carbons (Fsp3) is 1.00. The summed E-state index contributed by atoms with van der Waals surface area (Å²) >= 11 is 0. The van der Waals surface area contributed by atoms with Crippen molar-refractivity contribution in [1.82, 2.24) is 5.32 Å². The van der Waals surface area contributed by atoms with Crippen molar-refractivity contribution in [2.45, 2.75) is 32.3 Å². The zero-order chi connectivity index (χ0) is 10.2. The molecule has 1 atom stereocenters. The quantitative estimate of drug-likeness (QED) is 0.572. The number of rotatable bonds is 9. The Morgan fingerprint density at radius 3 is 2.86 bits per heavy atom. The Hall–Kier alpha value is -0.120. The van der Waals surface area contributed by atoms with Crippen molar-refractivity contribution in [3.63, 3.8) is 0 Å².